The van der Waals surface area contributed by atoms with Crippen LogP contribution in [-0.4, -0.2) is 17.6 Å². The van der Waals surface area contributed by atoms with Crippen LogP contribution in [0.4, 0.5) is 0 Å². The monoisotopic (exact) mass is 289 g/mol. The van der Waals surface area contributed by atoms with Gasteiger partial charge >= 0.3 is 5.97 Å². The highest BCUT2D eigenvalue weighted by Gasteiger charge is 2.26. The molecule has 0 unspecified atom stereocenters. The van der Waals surface area contributed by atoms with Crippen molar-refractivity contribution < 1.29 is 9.53 Å². The molecule has 0 aromatic heterocycles. The number of benzene rings is 1. The number of esters is 1. The SMILES string of the molecule is C/C=C/[C@H](NCc1ccccc1)[C@H](C)C(=O)OC(C)(C)C. The lowest BCUT2D eigenvalue weighted by Crippen LogP contribution is -2.40. The standard InChI is InChI=1S/C18H27NO2/c1-6-10-16(14(2)17(20)21-18(3,4)5)19-13-15-11-8-7-9-12-15/h6-12,14,16,19H,13H2,1-5H3/b10-6+/t14-,16-/m0/s1. The van der Waals surface area contributed by atoms with E-state index in [0.29, 0.717) is 0 Å². The second kappa shape index (κ2) is 7.99. The Hall–Kier alpha value is -1.61. The lowest BCUT2D eigenvalue weighted by Gasteiger charge is -2.26. The molecule has 0 saturated carbocycles. The third kappa shape index (κ3) is 6.58. The van der Waals surface area contributed by atoms with Gasteiger partial charge in [0.15, 0.2) is 0 Å². The van der Waals surface area contributed by atoms with E-state index in [1.807, 2.05) is 65.0 Å². The van der Waals surface area contributed by atoms with Crippen molar-refractivity contribution in [2.24, 2.45) is 5.92 Å². The van der Waals surface area contributed by atoms with Gasteiger partial charge in [-0.2, -0.15) is 0 Å². The quantitative estimate of drug-likeness (QED) is 0.641. The van der Waals surface area contributed by atoms with Crippen molar-refractivity contribution in [1.29, 1.82) is 0 Å². The number of carbonyl (C=O) groups is 1. The van der Waals surface area contributed by atoms with Gasteiger partial charge in [-0.1, -0.05) is 49.4 Å². The van der Waals surface area contributed by atoms with Crippen molar-refractivity contribution >= 4 is 5.97 Å². The van der Waals surface area contributed by atoms with E-state index >= 15 is 0 Å². The molecule has 0 amide bonds. The van der Waals surface area contributed by atoms with Gasteiger partial charge in [0.05, 0.1) is 5.92 Å². The van der Waals surface area contributed by atoms with Crippen LogP contribution in [-0.2, 0) is 16.1 Å². The van der Waals surface area contributed by atoms with Crippen molar-refractivity contribution in [1.82, 2.24) is 5.32 Å². The van der Waals surface area contributed by atoms with Crippen LogP contribution in [0.3, 0.4) is 0 Å². The summed E-state index contributed by atoms with van der Waals surface area (Å²) in [6, 6.07) is 10.1. The van der Waals surface area contributed by atoms with Crippen LogP contribution in [0.2, 0.25) is 0 Å². The number of nitrogens with one attached hydrogen (secondary N) is 1. The second-order valence-electron chi connectivity index (χ2n) is 6.24. The molecule has 0 saturated heterocycles. The molecule has 3 heteroatoms. The molecule has 2 atom stereocenters. The normalized spacial score (nSPS) is 14.9. The summed E-state index contributed by atoms with van der Waals surface area (Å²) < 4.78 is 5.47. The number of rotatable bonds is 6. The molecule has 0 fully saturated rings. The Labute approximate surface area is 128 Å². The summed E-state index contributed by atoms with van der Waals surface area (Å²) in [6.07, 6.45) is 3.97. The Morgan fingerprint density at radius 1 is 1.29 bits per heavy atom. The van der Waals surface area contributed by atoms with Crippen molar-refractivity contribution in [2.75, 3.05) is 0 Å². The maximum atomic E-state index is 12.2. The molecule has 0 bridgehead atoms. The van der Waals surface area contributed by atoms with E-state index in [2.05, 4.69) is 17.4 Å². The molecule has 0 spiro atoms. The topological polar surface area (TPSA) is 38.3 Å². The van der Waals surface area contributed by atoms with Crippen molar-refractivity contribution in [3.8, 4) is 0 Å². The van der Waals surface area contributed by atoms with Crippen LogP contribution < -0.4 is 5.32 Å². The minimum atomic E-state index is -0.453. The number of allylic oxidation sites excluding steroid dienone is 1. The van der Waals surface area contributed by atoms with E-state index in [4.69, 9.17) is 4.74 Å². The molecule has 116 valence electrons. The van der Waals surface area contributed by atoms with Gasteiger partial charge < -0.3 is 10.1 Å². The Morgan fingerprint density at radius 2 is 1.90 bits per heavy atom. The van der Waals surface area contributed by atoms with Gasteiger partial charge in [-0.15, -0.1) is 0 Å². The van der Waals surface area contributed by atoms with Gasteiger partial charge in [0.2, 0.25) is 0 Å². The van der Waals surface area contributed by atoms with Gasteiger partial charge in [0, 0.05) is 12.6 Å². The van der Waals surface area contributed by atoms with Crippen LogP contribution in [0.5, 0.6) is 0 Å². The molecule has 21 heavy (non-hydrogen) atoms. The van der Waals surface area contributed by atoms with Crippen LogP contribution in [0.25, 0.3) is 0 Å². The van der Waals surface area contributed by atoms with E-state index in [1.54, 1.807) is 0 Å². The third-order valence-corrected chi connectivity index (χ3v) is 3.10. The number of hydrogen-bond donors (Lipinski definition) is 1. The molecule has 0 aliphatic heterocycles. The van der Waals surface area contributed by atoms with E-state index in [0.717, 1.165) is 6.54 Å². The predicted octanol–water partition coefficient (Wildman–Crippen LogP) is 3.70. The van der Waals surface area contributed by atoms with Crippen LogP contribution in [0.1, 0.15) is 40.2 Å². The Bertz CT molecular complexity index is 460. The number of ether oxygens (including phenoxy) is 1. The zero-order chi connectivity index (χ0) is 15.9. The molecule has 3 nitrogen and oxygen atoms in total. The molecule has 0 aliphatic rings. The first kappa shape index (κ1) is 17.4. The first-order valence-electron chi connectivity index (χ1n) is 7.46. The maximum absolute atomic E-state index is 12.2. The van der Waals surface area contributed by atoms with Crippen LogP contribution in [0.15, 0.2) is 42.5 Å². The molecule has 1 aromatic rings. The highest BCUT2D eigenvalue weighted by molar-refractivity contribution is 5.73. The summed E-state index contributed by atoms with van der Waals surface area (Å²) in [7, 11) is 0. The molecular formula is C18H27NO2. The van der Waals surface area contributed by atoms with Gasteiger partial charge in [0.1, 0.15) is 5.60 Å². The lowest BCUT2D eigenvalue weighted by atomic mass is 10.0. The minimum Gasteiger partial charge on any atom is -0.460 e. The molecule has 1 aromatic carbocycles. The Kier molecular flexibility index (Phi) is 6.63. The molecule has 1 N–H and O–H groups in total. The highest BCUT2D eigenvalue weighted by Crippen LogP contribution is 2.15. The van der Waals surface area contributed by atoms with Crippen LogP contribution in [0, 0.1) is 5.92 Å². The largest absolute Gasteiger partial charge is 0.460 e. The van der Waals surface area contributed by atoms with Crippen LogP contribution >= 0.6 is 0 Å². The summed E-state index contributed by atoms with van der Waals surface area (Å²) in [5, 5.41) is 3.42. The zero-order valence-corrected chi connectivity index (χ0v) is 13.7. The average molecular weight is 289 g/mol. The van der Waals surface area contributed by atoms with E-state index < -0.39 is 5.60 Å². The minimum absolute atomic E-state index is 0.0370. The van der Waals surface area contributed by atoms with E-state index in [-0.39, 0.29) is 17.9 Å². The zero-order valence-electron chi connectivity index (χ0n) is 13.7. The summed E-state index contributed by atoms with van der Waals surface area (Å²) in [4.78, 5) is 12.2. The number of hydrogen-bond acceptors (Lipinski definition) is 3. The van der Waals surface area contributed by atoms with E-state index in [1.165, 1.54) is 5.56 Å². The summed E-state index contributed by atoms with van der Waals surface area (Å²) in [5.41, 5.74) is 0.744. The fourth-order valence-electron chi connectivity index (χ4n) is 1.99. The van der Waals surface area contributed by atoms with Crippen molar-refractivity contribution in [3.63, 3.8) is 0 Å². The van der Waals surface area contributed by atoms with Gasteiger partial charge in [-0.25, -0.2) is 0 Å². The first-order valence-corrected chi connectivity index (χ1v) is 7.46. The smallest absolute Gasteiger partial charge is 0.311 e. The van der Waals surface area contributed by atoms with Gasteiger partial charge in [-0.05, 0) is 33.3 Å². The molecule has 0 heterocycles. The average Bonchev–Trinajstić information content (AvgIpc) is 2.42. The fraction of sp³-hybridized carbons (Fsp3) is 0.500. The summed E-state index contributed by atoms with van der Waals surface area (Å²) in [6.45, 7) is 10.2. The molecular weight excluding hydrogens is 262 g/mol. The Morgan fingerprint density at radius 3 is 2.43 bits per heavy atom. The first-order chi connectivity index (χ1) is 9.83. The molecule has 0 aliphatic carbocycles. The summed E-state index contributed by atoms with van der Waals surface area (Å²) in [5.74, 6) is -0.407. The van der Waals surface area contributed by atoms with Gasteiger partial charge in [-0.3, -0.25) is 4.79 Å². The molecule has 0 radical (unpaired) electrons. The van der Waals surface area contributed by atoms with Crippen molar-refractivity contribution in [3.05, 3.63) is 48.0 Å². The Balaban J connectivity index is 2.65. The van der Waals surface area contributed by atoms with E-state index in [9.17, 15) is 4.79 Å². The molecule has 1 rings (SSSR count). The fourth-order valence-corrected chi connectivity index (χ4v) is 1.99. The predicted molar refractivity (Wildman–Crippen MR) is 86.9 cm³/mol. The number of carbonyl (C=O) groups excluding carboxylic acids is 1. The van der Waals surface area contributed by atoms with Crippen molar-refractivity contribution in [2.45, 2.75) is 52.8 Å². The second-order valence-corrected chi connectivity index (χ2v) is 6.24. The maximum Gasteiger partial charge on any atom is 0.311 e. The third-order valence-electron chi connectivity index (χ3n) is 3.10. The summed E-state index contributed by atoms with van der Waals surface area (Å²) >= 11 is 0. The highest BCUT2D eigenvalue weighted by atomic mass is 16.6. The lowest BCUT2D eigenvalue weighted by molar-refractivity contribution is -0.159. The van der Waals surface area contributed by atoms with Gasteiger partial charge in [0.25, 0.3) is 0 Å².